The summed E-state index contributed by atoms with van der Waals surface area (Å²) in [7, 11) is 0. The minimum Gasteiger partial charge on any atom is -0.434 e. The fraction of sp³-hybridized carbons (Fsp3) is 0.440. The minimum absolute atomic E-state index is 0.0484. The Hall–Kier alpha value is -2.41. The van der Waals surface area contributed by atoms with E-state index >= 15 is 0 Å². The van der Waals surface area contributed by atoms with E-state index in [2.05, 4.69) is 0 Å². The lowest BCUT2D eigenvalue weighted by molar-refractivity contribution is -0.158. The maximum atomic E-state index is 13.5. The summed E-state index contributed by atoms with van der Waals surface area (Å²) in [5.74, 6) is 0.0780. The van der Waals surface area contributed by atoms with Gasteiger partial charge in [0, 0.05) is 43.1 Å². The van der Waals surface area contributed by atoms with Crippen LogP contribution in [0.15, 0.2) is 53.3 Å². The highest BCUT2D eigenvalue weighted by molar-refractivity contribution is 6.30. The lowest BCUT2D eigenvalue weighted by Gasteiger charge is -2.39. The first kappa shape index (κ1) is 24.2. The van der Waals surface area contributed by atoms with Gasteiger partial charge in [-0.2, -0.15) is 0 Å². The smallest absolute Gasteiger partial charge is 0.434 e. The molecule has 0 radical (unpaired) electrons. The van der Waals surface area contributed by atoms with Crippen molar-refractivity contribution in [2.75, 3.05) is 26.4 Å². The van der Waals surface area contributed by atoms with Gasteiger partial charge in [0.05, 0.1) is 6.61 Å². The number of Topliss-reactive ketones (excluding diaryl/α,β-unsaturated/α-hetero) is 1. The first-order valence-corrected chi connectivity index (χ1v) is 11.2. The van der Waals surface area contributed by atoms with E-state index in [1.807, 2.05) is 50.3 Å². The molecule has 0 unspecified atom stereocenters. The van der Waals surface area contributed by atoms with Crippen molar-refractivity contribution in [2.24, 2.45) is 0 Å². The predicted molar refractivity (Wildman–Crippen MR) is 122 cm³/mol. The molecule has 0 aromatic heterocycles. The molecule has 6 nitrogen and oxygen atoms in total. The molecule has 1 aromatic carbocycles. The van der Waals surface area contributed by atoms with Gasteiger partial charge in [0.2, 0.25) is 0 Å². The van der Waals surface area contributed by atoms with Crippen LogP contribution in [0.25, 0.3) is 5.57 Å². The largest absolute Gasteiger partial charge is 0.513 e. The Morgan fingerprint density at radius 2 is 1.84 bits per heavy atom. The number of rotatable bonds is 6. The second kappa shape index (κ2) is 10.9. The van der Waals surface area contributed by atoms with Crippen molar-refractivity contribution in [3.63, 3.8) is 0 Å². The molecule has 7 heteroatoms. The van der Waals surface area contributed by atoms with Gasteiger partial charge in [-0.15, -0.1) is 0 Å². The summed E-state index contributed by atoms with van der Waals surface area (Å²) in [5.41, 5.74) is 2.63. The van der Waals surface area contributed by atoms with Gasteiger partial charge in [0.1, 0.15) is 18.0 Å². The van der Waals surface area contributed by atoms with Crippen LogP contribution in [0.2, 0.25) is 5.02 Å². The third-order valence-corrected chi connectivity index (χ3v) is 5.90. The molecule has 0 bridgehead atoms. The number of carbonyl (C=O) groups is 2. The van der Waals surface area contributed by atoms with E-state index in [9.17, 15) is 9.59 Å². The summed E-state index contributed by atoms with van der Waals surface area (Å²) in [4.78, 5) is 25.4. The Labute approximate surface area is 193 Å². The molecular formula is C25H29ClO6. The average Bonchev–Trinajstić information content (AvgIpc) is 2.78. The zero-order valence-electron chi connectivity index (χ0n) is 18.7. The van der Waals surface area contributed by atoms with Gasteiger partial charge >= 0.3 is 6.16 Å². The van der Waals surface area contributed by atoms with Crippen LogP contribution in [0.5, 0.6) is 0 Å². The van der Waals surface area contributed by atoms with Gasteiger partial charge in [0.15, 0.2) is 5.78 Å². The molecule has 2 aliphatic rings. The van der Waals surface area contributed by atoms with Crippen LogP contribution in [0.4, 0.5) is 4.79 Å². The Morgan fingerprint density at radius 3 is 2.50 bits per heavy atom. The van der Waals surface area contributed by atoms with Crippen molar-refractivity contribution < 1.29 is 28.5 Å². The lowest BCUT2D eigenvalue weighted by atomic mass is 9.81. The van der Waals surface area contributed by atoms with E-state index in [-0.39, 0.29) is 24.8 Å². The molecule has 0 aliphatic carbocycles. The van der Waals surface area contributed by atoms with Gasteiger partial charge in [-0.25, -0.2) is 4.79 Å². The SMILES string of the molecule is CCOC(=O)OC1=C(C/C(C)=C\C=C(/C)c2ccc(Cl)cc2)C(=O)C2(CCOCC2)OC1. The highest BCUT2D eigenvalue weighted by Gasteiger charge is 2.47. The van der Waals surface area contributed by atoms with E-state index < -0.39 is 11.8 Å². The van der Waals surface area contributed by atoms with E-state index in [4.69, 9.17) is 30.5 Å². The Balaban J connectivity index is 1.84. The number of benzene rings is 1. The van der Waals surface area contributed by atoms with Gasteiger partial charge in [-0.05, 0) is 44.0 Å². The summed E-state index contributed by atoms with van der Waals surface area (Å²) in [5, 5.41) is 0.689. The summed E-state index contributed by atoms with van der Waals surface area (Å²) < 4.78 is 21.6. The number of allylic oxidation sites excluding steroid dienone is 4. The number of ketones is 1. The van der Waals surface area contributed by atoms with E-state index in [0.29, 0.717) is 43.1 Å². The Bertz CT molecular complexity index is 936. The van der Waals surface area contributed by atoms with Crippen molar-refractivity contribution in [1.82, 2.24) is 0 Å². The van der Waals surface area contributed by atoms with E-state index in [1.165, 1.54) is 0 Å². The zero-order valence-corrected chi connectivity index (χ0v) is 19.5. The molecule has 0 atom stereocenters. The maximum Gasteiger partial charge on any atom is 0.513 e. The highest BCUT2D eigenvalue weighted by Crippen LogP contribution is 2.36. The topological polar surface area (TPSA) is 71.1 Å². The van der Waals surface area contributed by atoms with Crippen LogP contribution in [-0.4, -0.2) is 44.0 Å². The van der Waals surface area contributed by atoms with Crippen LogP contribution < -0.4 is 0 Å². The molecule has 0 N–H and O–H groups in total. The van der Waals surface area contributed by atoms with Crippen molar-refractivity contribution in [1.29, 1.82) is 0 Å². The summed E-state index contributed by atoms with van der Waals surface area (Å²) >= 11 is 5.97. The number of carbonyl (C=O) groups excluding carboxylic acids is 2. The van der Waals surface area contributed by atoms with Crippen molar-refractivity contribution in [2.45, 2.75) is 45.6 Å². The van der Waals surface area contributed by atoms with Crippen LogP contribution in [-0.2, 0) is 23.7 Å². The summed E-state index contributed by atoms with van der Waals surface area (Å²) in [6.07, 6.45) is 4.46. The first-order chi connectivity index (χ1) is 15.3. The molecule has 2 heterocycles. The number of hydrogen-bond acceptors (Lipinski definition) is 6. The normalized spacial score (nSPS) is 19.3. The standard InChI is InChI=1S/C25H29ClO6/c1-4-30-24(28)32-22-16-31-25(11-13-29-14-12-25)23(27)21(22)15-17(2)5-6-18(3)19-7-9-20(26)10-8-19/h5-10H,4,11-16H2,1-3H3/b17-5-,18-6+. The molecule has 0 saturated carbocycles. The van der Waals surface area contributed by atoms with Crippen LogP contribution in [0, 0.1) is 0 Å². The molecule has 32 heavy (non-hydrogen) atoms. The fourth-order valence-corrected chi connectivity index (χ4v) is 3.89. The zero-order chi connectivity index (χ0) is 23.1. The van der Waals surface area contributed by atoms with Gasteiger partial charge in [-0.1, -0.05) is 41.5 Å². The van der Waals surface area contributed by atoms with Crippen LogP contribution >= 0.6 is 11.6 Å². The highest BCUT2D eigenvalue weighted by atomic mass is 35.5. The van der Waals surface area contributed by atoms with Gasteiger partial charge < -0.3 is 18.9 Å². The van der Waals surface area contributed by atoms with Gasteiger partial charge in [-0.3, -0.25) is 4.79 Å². The van der Waals surface area contributed by atoms with Crippen LogP contribution in [0.1, 0.15) is 45.6 Å². The van der Waals surface area contributed by atoms with Crippen LogP contribution in [0.3, 0.4) is 0 Å². The summed E-state index contributed by atoms with van der Waals surface area (Å²) in [6.45, 7) is 6.81. The average molecular weight is 461 g/mol. The van der Waals surface area contributed by atoms with E-state index in [0.717, 1.165) is 16.7 Å². The molecule has 1 saturated heterocycles. The molecule has 2 aliphatic heterocycles. The Kier molecular flexibility index (Phi) is 8.29. The molecular weight excluding hydrogens is 432 g/mol. The predicted octanol–water partition coefficient (Wildman–Crippen LogP) is 5.66. The maximum absolute atomic E-state index is 13.5. The quantitative estimate of drug-likeness (QED) is 0.403. The molecule has 0 amide bonds. The van der Waals surface area contributed by atoms with Crippen molar-refractivity contribution in [3.05, 3.63) is 63.9 Å². The minimum atomic E-state index is -0.912. The molecule has 1 fully saturated rings. The molecule has 1 spiro atoms. The van der Waals surface area contributed by atoms with Gasteiger partial charge in [0.25, 0.3) is 0 Å². The third kappa shape index (κ3) is 5.88. The second-order valence-corrected chi connectivity index (χ2v) is 8.39. The number of ether oxygens (including phenoxy) is 4. The van der Waals surface area contributed by atoms with Crippen molar-refractivity contribution in [3.8, 4) is 0 Å². The second-order valence-electron chi connectivity index (χ2n) is 7.96. The molecule has 172 valence electrons. The number of halogens is 1. The fourth-order valence-electron chi connectivity index (χ4n) is 3.76. The molecule has 1 aromatic rings. The van der Waals surface area contributed by atoms with Crippen molar-refractivity contribution >= 4 is 29.1 Å². The third-order valence-electron chi connectivity index (χ3n) is 5.65. The number of hydrogen-bond donors (Lipinski definition) is 0. The first-order valence-electron chi connectivity index (χ1n) is 10.8. The lowest BCUT2D eigenvalue weighted by Crippen LogP contribution is -2.50. The van der Waals surface area contributed by atoms with E-state index in [1.54, 1.807) is 6.92 Å². The monoisotopic (exact) mass is 460 g/mol. The molecule has 3 rings (SSSR count). The summed E-state index contributed by atoms with van der Waals surface area (Å²) in [6, 6.07) is 7.62. The Morgan fingerprint density at radius 1 is 1.16 bits per heavy atom.